The van der Waals surface area contributed by atoms with E-state index in [9.17, 15) is 9.18 Å². The zero-order valence-corrected chi connectivity index (χ0v) is 13.8. The van der Waals surface area contributed by atoms with Crippen LogP contribution in [0.1, 0.15) is 34.3 Å². The van der Waals surface area contributed by atoms with Crippen molar-refractivity contribution >= 4 is 17.2 Å². The van der Waals surface area contributed by atoms with Gasteiger partial charge in [-0.15, -0.1) is 0 Å². The van der Waals surface area contributed by atoms with Gasteiger partial charge in [-0.05, 0) is 55.5 Å². The molecule has 0 saturated carbocycles. The van der Waals surface area contributed by atoms with E-state index in [2.05, 4.69) is 22.3 Å². The van der Waals surface area contributed by atoms with Gasteiger partial charge in [0.15, 0.2) is 17.2 Å². The minimum Gasteiger partial charge on any atom is -0.359 e. The molecule has 0 unspecified atom stereocenters. The fourth-order valence-corrected chi connectivity index (χ4v) is 2.22. The predicted octanol–water partition coefficient (Wildman–Crippen LogP) is 4.47. The quantitative estimate of drug-likeness (QED) is 0.567. The summed E-state index contributed by atoms with van der Waals surface area (Å²) in [7, 11) is 0. The van der Waals surface area contributed by atoms with Crippen molar-refractivity contribution in [1.82, 2.24) is 5.16 Å². The zero-order chi connectivity index (χ0) is 17.8. The van der Waals surface area contributed by atoms with Crippen LogP contribution in [0.25, 0.3) is 0 Å². The van der Waals surface area contributed by atoms with Crippen LogP contribution < -0.4 is 5.32 Å². The van der Waals surface area contributed by atoms with Gasteiger partial charge in [0.1, 0.15) is 11.5 Å². The van der Waals surface area contributed by atoms with Crippen LogP contribution in [0, 0.1) is 24.6 Å². The number of hydrogen-bond donors (Lipinski definition) is 1. The molecular weight excluding hydrogens is 319 g/mol. The highest BCUT2D eigenvalue weighted by Gasteiger charge is 2.16. The number of ketones is 1. The number of aromatic nitrogens is 1. The van der Waals surface area contributed by atoms with Crippen molar-refractivity contribution in [3.8, 4) is 11.8 Å². The van der Waals surface area contributed by atoms with E-state index in [0.717, 1.165) is 16.8 Å². The van der Waals surface area contributed by atoms with Crippen molar-refractivity contribution in [1.29, 1.82) is 0 Å². The highest BCUT2D eigenvalue weighted by atomic mass is 19.1. The van der Waals surface area contributed by atoms with Crippen LogP contribution in [0.4, 0.5) is 15.8 Å². The number of aryl methyl sites for hydroxylation is 1. The second kappa shape index (κ2) is 7.02. The summed E-state index contributed by atoms with van der Waals surface area (Å²) in [5.41, 5.74) is 3.20. The van der Waals surface area contributed by atoms with E-state index in [1.54, 1.807) is 19.1 Å². The molecule has 1 aromatic heterocycles. The van der Waals surface area contributed by atoms with Crippen LogP contribution in [-0.2, 0) is 0 Å². The molecule has 0 spiro atoms. The van der Waals surface area contributed by atoms with E-state index in [0.29, 0.717) is 11.4 Å². The van der Waals surface area contributed by atoms with Crippen LogP contribution in [0.5, 0.6) is 0 Å². The summed E-state index contributed by atoms with van der Waals surface area (Å²) in [6.07, 6.45) is 0. The van der Waals surface area contributed by atoms with E-state index < -0.39 is 0 Å². The van der Waals surface area contributed by atoms with E-state index in [4.69, 9.17) is 4.52 Å². The number of carbonyl (C=O) groups excluding carboxylic acids is 1. The SMILES string of the molecule is CC(=O)c1noc(C)c1Nc1ccc(C#Cc2ccc(F)cc2)cc1. The molecule has 0 atom stereocenters. The van der Waals surface area contributed by atoms with Gasteiger partial charge in [0.25, 0.3) is 0 Å². The monoisotopic (exact) mass is 334 g/mol. The first-order valence-electron chi connectivity index (χ1n) is 7.65. The molecule has 0 saturated heterocycles. The first-order valence-corrected chi connectivity index (χ1v) is 7.65. The van der Waals surface area contributed by atoms with Gasteiger partial charge in [-0.3, -0.25) is 4.79 Å². The molecule has 0 fully saturated rings. The fourth-order valence-electron chi connectivity index (χ4n) is 2.22. The zero-order valence-electron chi connectivity index (χ0n) is 13.8. The van der Waals surface area contributed by atoms with Crippen LogP contribution in [0.2, 0.25) is 0 Å². The van der Waals surface area contributed by atoms with Gasteiger partial charge in [0.2, 0.25) is 0 Å². The second-order valence-corrected chi connectivity index (χ2v) is 5.48. The molecule has 124 valence electrons. The predicted molar refractivity (Wildman–Crippen MR) is 93.3 cm³/mol. The van der Waals surface area contributed by atoms with Crippen molar-refractivity contribution < 1.29 is 13.7 Å². The summed E-state index contributed by atoms with van der Waals surface area (Å²) in [4.78, 5) is 11.6. The van der Waals surface area contributed by atoms with E-state index in [-0.39, 0.29) is 17.3 Å². The average molecular weight is 334 g/mol. The smallest absolute Gasteiger partial charge is 0.183 e. The second-order valence-electron chi connectivity index (χ2n) is 5.48. The Balaban J connectivity index is 1.76. The first kappa shape index (κ1) is 16.5. The molecule has 1 heterocycles. The number of Topliss-reactive ketones (excluding diaryl/α,β-unsaturated/α-hetero) is 1. The number of rotatable bonds is 3. The standard InChI is InChI=1S/C20H15FN2O2/c1-13(24)19-20(14(2)25-23-19)22-18-11-7-16(8-12-18)4-3-15-5-9-17(21)10-6-15/h5-12,22H,1-2H3. The van der Waals surface area contributed by atoms with Gasteiger partial charge in [0.05, 0.1) is 0 Å². The Morgan fingerprint density at radius 2 is 1.60 bits per heavy atom. The number of nitrogens with zero attached hydrogens (tertiary/aromatic N) is 1. The summed E-state index contributed by atoms with van der Waals surface area (Å²) in [5, 5.41) is 6.90. The van der Waals surface area contributed by atoms with Crippen molar-refractivity contribution in [3.05, 3.63) is 76.9 Å². The Morgan fingerprint density at radius 1 is 1.04 bits per heavy atom. The first-order chi connectivity index (χ1) is 12.0. The Morgan fingerprint density at radius 3 is 2.16 bits per heavy atom. The largest absolute Gasteiger partial charge is 0.359 e. The highest BCUT2D eigenvalue weighted by molar-refractivity contribution is 5.98. The Labute approximate surface area is 144 Å². The summed E-state index contributed by atoms with van der Waals surface area (Å²) < 4.78 is 17.9. The molecule has 2 aromatic carbocycles. The van der Waals surface area contributed by atoms with Crippen molar-refractivity contribution in [2.75, 3.05) is 5.32 Å². The van der Waals surface area contributed by atoms with E-state index in [1.807, 2.05) is 24.3 Å². The molecule has 25 heavy (non-hydrogen) atoms. The lowest BCUT2D eigenvalue weighted by Crippen LogP contribution is -1.99. The summed E-state index contributed by atoms with van der Waals surface area (Å²) in [5.74, 6) is 6.10. The summed E-state index contributed by atoms with van der Waals surface area (Å²) >= 11 is 0. The van der Waals surface area contributed by atoms with E-state index >= 15 is 0 Å². The molecule has 0 aliphatic rings. The van der Waals surface area contributed by atoms with E-state index in [1.165, 1.54) is 19.1 Å². The van der Waals surface area contributed by atoms with Crippen LogP contribution in [0.15, 0.2) is 53.1 Å². The number of anilines is 2. The minimum absolute atomic E-state index is 0.166. The molecule has 3 rings (SSSR count). The molecule has 0 amide bonds. The van der Waals surface area contributed by atoms with Crippen LogP contribution >= 0.6 is 0 Å². The molecule has 1 N–H and O–H groups in total. The average Bonchev–Trinajstić information content (AvgIpc) is 2.97. The maximum atomic E-state index is 12.9. The van der Waals surface area contributed by atoms with Gasteiger partial charge >= 0.3 is 0 Å². The number of benzene rings is 2. The third-order valence-corrected chi connectivity index (χ3v) is 3.55. The molecular formula is C20H15FN2O2. The molecule has 0 bridgehead atoms. The topological polar surface area (TPSA) is 55.1 Å². The summed E-state index contributed by atoms with van der Waals surface area (Å²) in [6, 6.07) is 13.4. The Bertz CT molecular complexity index is 962. The molecule has 0 radical (unpaired) electrons. The molecule has 0 aliphatic heterocycles. The van der Waals surface area contributed by atoms with Crippen molar-refractivity contribution in [3.63, 3.8) is 0 Å². The number of hydrogen-bond acceptors (Lipinski definition) is 4. The number of nitrogens with one attached hydrogen (secondary N) is 1. The lowest BCUT2D eigenvalue weighted by molar-refractivity contribution is 0.101. The molecule has 3 aromatic rings. The van der Waals surface area contributed by atoms with Crippen LogP contribution in [-0.4, -0.2) is 10.9 Å². The normalized spacial score (nSPS) is 10.0. The Kier molecular flexibility index (Phi) is 4.62. The number of halogens is 1. The third kappa shape index (κ3) is 3.93. The molecule has 4 nitrogen and oxygen atoms in total. The maximum Gasteiger partial charge on any atom is 0.183 e. The number of carbonyl (C=O) groups is 1. The van der Waals surface area contributed by atoms with Gasteiger partial charge < -0.3 is 9.84 Å². The van der Waals surface area contributed by atoms with Crippen LogP contribution in [0.3, 0.4) is 0 Å². The maximum absolute atomic E-state index is 12.9. The fraction of sp³-hybridized carbons (Fsp3) is 0.100. The lowest BCUT2D eigenvalue weighted by atomic mass is 10.1. The summed E-state index contributed by atoms with van der Waals surface area (Å²) in [6.45, 7) is 3.18. The van der Waals surface area contributed by atoms with Gasteiger partial charge in [-0.25, -0.2) is 4.39 Å². The van der Waals surface area contributed by atoms with Gasteiger partial charge in [-0.2, -0.15) is 0 Å². The highest BCUT2D eigenvalue weighted by Crippen LogP contribution is 2.25. The molecule has 0 aliphatic carbocycles. The minimum atomic E-state index is -0.282. The van der Waals surface area contributed by atoms with Gasteiger partial charge in [-0.1, -0.05) is 17.0 Å². The van der Waals surface area contributed by atoms with Crippen molar-refractivity contribution in [2.45, 2.75) is 13.8 Å². The Hall–Kier alpha value is -3.39. The van der Waals surface area contributed by atoms with Gasteiger partial charge in [0, 0.05) is 23.7 Å². The molecule has 5 heteroatoms. The van der Waals surface area contributed by atoms with Crippen molar-refractivity contribution in [2.24, 2.45) is 0 Å². The third-order valence-electron chi connectivity index (χ3n) is 3.55. The lowest BCUT2D eigenvalue weighted by Gasteiger charge is -2.05.